The molecule has 3 atom stereocenters. The van der Waals surface area contributed by atoms with Crippen molar-refractivity contribution in [2.24, 2.45) is 0 Å². The Morgan fingerprint density at radius 2 is 1.69 bits per heavy atom. The third-order valence-electron chi connectivity index (χ3n) is 3.07. The van der Waals surface area contributed by atoms with E-state index < -0.39 is 51.8 Å². The molecule has 0 aromatic carbocycles. The van der Waals surface area contributed by atoms with Crippen molar-refractivity contribution < 1.29 is 47.8 Å². The number of ether oxygens (including phenoxy) is 2. The standard InChI is InChI=1S/C15H29O10P/c1-3-5-6-7-15(19)22-10-13(25-14(18)4-2)11-24-26(20,21)23-9-12(17)8-16/h12-13,16-17H,3-11H2,1-2H3,(H,20,21)/t12-,13+/m0/s1. The summed E-state index contributed by atoms with van der Waals surface area (Å²) < 4.78 is 30.8. The number of rotatable bonds is 15. The van der Waals surface area contributed by atoms with Gasteiger partial charge in [-0.15, -0.1) is 0 Å². The molecule has 154 valence electrons. The van der Waals surface area contributed by atoms with E-state index >= 15 is 0 Å². The van der Waals surface area contributed by atoms with Crippen LogP contribution in [0.25, 0.3) is 0 Å². The first-order chi connectivity index (χ1) is 12.2. The fraction of sp³-hybridized carbons (Fsp3) is 0.867. The summed E-state index contributed by atoms with van der Waals surface area (Å²) in [5.41, 5.74) is 0. The summed E-state index contributed by atoms with van der Waals surface area (Å²) in [5, 5.41) is 17.7. The maximum Gasteiger partial charge on any atom is 0.472 e. The third-order valence-corrected chi connectivity index (χ3v) is 4.02. The van der Waals surface area contributed by atoms with E-state index in [1.54, 1.807) is 6.92 Å². The van der Waals surface area contributed by atoms with Gasteiger partial charge in [-0.25, -0.2) is 4.57 Å². The van der Waals surface area contributed by atoms with Crippen molar-refractivity contribution in [3.8, 4) is 0 Å². The van der Waals surface area contributed by atoms with Gasteiger partial charge in [0.15, 0.2) is 6.10 Å². The Hall–Kier alpha value is -1.03. The monoisotopic (exact) mass is 400 g/mol. The molecule has 0 radical (unpaired) electrons. The van der Waals surface area contributed by atoms with Gasteiger partial charge in [0.25, 0.3) is 0 Å². The number of aliphatic hydroxyl groups is 2. The van der Waals surface area contributed by atoms with Crippen molar-refractivity contribution in [3.05, 3.63) is 0 Å². The molecular formula is C15H29O10P. The molecule has 0 aromatic heterocycles. The van der Waals surface area contributed by atoms with Crippen LogP contribution in [0.4, 0.5) is 0 Å². The number of hydrogen-bond donors (Lipinski definition) is 3. The first-order valence-corrected chi connectivity index (χ1v) is 9.99. The van der Waals surface area contributed by atoms with Crippen LogP contribution < -0.4 is 0 Å². The second-order valence-corrected chi connectivity index (χ2v) is 6.96. The summed E-state index contributed by atoms with van der Waals surface area (Å²) in [5.74, 6) is -1.06. The number of phosphoric ester groups is 1. The number of esters is 2. The zero-order valence-electron chi connectivity index (χ0n) is 15.2. The van der Waals surface area contributed by atoms with E-state index in [-0.39, 0.29) is 19.4 Å². The van der Waals surface area contributed by atoms with Crippen molar-refractivity contribution in [2.75, 3.05) is 26.4 Å². The quantitative estimate of drug-likeness (QED) is 0.206. The van der Waals surface area contributed by atoms with E-state index in [9.17, 15) is 19.0 Å². The first kappa shape index (κ1) is 25.0. The molecule has 0 aliphatic carbocycles. The first-order valence-electron chi connectivity index (χ1n) is 8.49. The predicted octanol–water partition coefficient (Wildman–Crippen LogP) is 0.918. The number of unbranched alkanes of at least 4 members (excludes halogenated alkanes) is 2. The van der Waals surface area contributed by atoms with Gasteiger partial charge in [-0.2, -0.15) is 0 Å². The molecule has 11 heteroatoms. The van der Waals surface area contributed by atoms with Gasteiger partial charge in [0.1, 0.15) is 12.7 Å². The molecule has 0 amide bonds. The van der Waals surface area contributed by atoms with E-state index in [2.05, 4.69) is 4.52 Å². The Kier molecular flexibility index (Phi) is 13.5. The summed E-state index contributed by atoms with van der Waals surface area (Å²) in [6.45, 7) is 1.43. The van der Waals surface area contributed by atoms with Gasteiger partial charge in [-0.05, 0) is 6.42 Å². The smallest absolute Gasteiger partial charge is 0.462 e. The summed E-state index contributed by atoms with van der Waals surface area (Å²) >= 11 is 0. The third kappa shape index (κ3) is 13.2. The average molecular weight is 400 g/mol. The van der Waals surface area contributed by atoms with Gasteiger partial charge < -0.3 is 24.6 Å². The highest BCUT2D eigenvalue weighted by atomic mass is 31.2. The summed E-state index contributed by atoms with van der Waals surface area (Å²) in [7, 11) is -4.54. The molecule has 0 aliphatic heterocycles. The minimum Gasteiger partial charge on any atom is -0.462 e. The summed E-state index contributed by atoms with van der Waals surface area (Å²) in [6, 6.07) is 0. The fourth-order valence-electron chi connectivity index (χ4n) is 1.61. The van der Waals surface area contributed by atoms with Gasteiger partial charge in [-0.1, -0.05) is 26.7 Å². The molecule has 0 heterocycles. The fourth-order valence-corrected chi connectivity index (χ4v) is 2.40. The molecule has 0 bridgehead atoms. The van der Waals surface area contributed by atoms with Crippen molar-refractivity contribution >= 4 is 19.8 Å². The molecule has 0 rings (SSSR count). The van der Waals surface area contributed by atoms with E-state index in [1.165, 1.54) is 0 Å². The molecule has 10 nitrogen and oxygen atoms in total. The van der Waals surface area contributed by atoms with Crippen molar-refractivity contribution in [2.45, 2.75) is 58.2 Å². The highest BCUT2D eigenvalue weighted by Crippen LogP contribution is 2.43. The van der Waals surface area contributed by atoms with Gasteiger partial charge in [0.05, 0.1) is 19.8 Å². The lowest BCUT2D eigenvalue weighted by Crippen LogP contribution is -2.29. The molecule has 26 heavy (non-hydrogen) atoms. The number of aliphatic hydroxyl groups excluding tert-OH is 2. The zero-order chi connectivity index (χ0) is 20.0. The Morgan fingerprint density at radius 1 is 1.04 bits per heavy atom. The van der Waals surface area contributed by atoms with Gasteiger partial charge >= 0.3 is 19.8 Å². The number of hydrogen-bond acceptors (Lipinski definition) is 9. The molecule has 3 N–H and O–H groups in total. The van der Waals surface area contributed by atoms with Crippen LogP contribution in [0.15, 0.2) is 0 Å². The van der Waals surface area contributed by atoms with E-state index in [0.717, 1.165) is 12.8 Å². The SMILES string of the molecule is CCCCCC(=O)OC[C@H](COP(=O)(O)OC[C@@H](O)CO)OC(=O)CC. The van der Waals surface area contributed by atoms with Crippen molar-refractivity contribution in [1.82, 2.24) is 0 Å². The molecule has 0 fully saturated rings. The minimum atomic E-state index is -4.54. The molecular weight excluding hydrogens is 371 g/mol. The van der Waals surface area contributed by atoms with Crippen LogP contribution in [0.2, 0.25) is 0 Å². The van der Waals surface area contributed by atoms with Gasteiger partial charge in [-0.3, -0.25) is 18.6 Å². The Morgan fingerprint density at radius 3 is 2.27 bits per heavy atom. The highest BCUT2D eigenvalue weighted by molar-refractivity contribution is 7.47. The van der Waals surface area contributed by atoms with Crippen LogP contribution in [-0.4, -0.2) is 65.7 Å². The van der Waals surface area contributed by atoms with Crippen molar-refractivity contribution in [3.63, 3.8) is 0 Å². The molecule has 0 aromatic rings. The Bertz CT molecular complexity index is 456. The average Bonchev–Trinajstić information content (AvgIpc) is 2.62. The zero-order valence-corrected chi connectivity index (χ0v) is 16.1. The lowest BCUT2D eigenvalue weighted by atomic mass is 10.2. The number of phosphoric acid groups is 1. The Balaban J connectivity index is 4.47. The minimum absolute atomic E-state index is 0.0664. The highest BCUT2D eigenvalue weighted by Gasteiger charge is 2.26. The van der Waals surface area contributed by atoms with Crippen LogP contribution in [0.5, 0.6) is 0 Å². The van der Waals surface area contributed by atoms with Gasteiger partial charge in [0.2, 0.25) is 0 Å². The maximum atomic E-state index is 11.7. The van der Waals surface area contributed by atoms with Crippen LogP contribution >= 0.6 is 7.82 Å². The molecule has 0 saturated carbocycles. The van der Waals surface area contributed by atoms with Crippen LogP contribution in [-0.2, 0) is 32.7 Å². The lowest BCUT2D eigenvalue weighted by molar-refractivity contribution is -0.161. The van der Waals surface area contributed by atoms with E-state index in [4.69, 9.17) is 24.2 Å². The second kappa shape index (κ2) is 14.1. The van der Waals surface area contributed by atoms with E-state index in [1.807, 2.05) is 6.92 Å². The normalized spacial score (nSPS) is 15.7. The molecule has 1 unspecified atom stereocenters. The van der Waals surface area contributed by atoms with Crippen LogP contribution in [0.3, 0.4) is 0 Å². The summed E-state index contributed by atoms with van der Waals surface area (Å²) in [6.07, 6.45) is 0.395. The summed E-state index contributed by atoms with van der Waals surface area (Å²) in [4.78, 5) is 32.5. The molecule has 0 saturated heterocycles. The largest absolute Gasteiger partial charge is 0.472 e. The Labute approximate surface area is 153 Å². The maximum absolute atomic E-state index is 11.7. The van der Waals surface area contributed by atoms with Crippen LogP contribution in [0, 0.1) is 0 Å². The molecule has 0 spiro atoms. The van der Waals surface area contributed by atoms with Crippen molar-refractivity contribution in [1.29, 1.82) is 0 Å². The van der Waals surface area contributed by atoms with Gasteiger partial charge in [0, 0.05) is 12.8 Å². The van der Waals surface area contributed by atoms with E-state index in [0.29, 0.717) is 6.42 Å². The molecule has 0 aliphatic rings. The number of carbonyl (C=O) groups is 2. The number of carbonyl (C=O) groups excluding carboxylic acids is 2. The lowest BCUT2D eigenvalue weighted by Gasteiger charge is -2.20. The second-order valence-electron chi connectivity index (χ2n) is 5.50. The predicted molar refractivity (Wildman–Crippen MR) is 90.1 cm³/mol. The topological polar surface area (TPSA) is 149 Å². The van der Waals surface area contributed by atoms with Crippen LogP contribution in [0.1, 0.15) is 46.0 Å².